The first-order chi connectivity index (χ1) is 15.7. The van der Waals surface area contributed by atoms with Gasteiger partial charge >= 0.3 is 0 Å². The summed E-state index contributed by atoms with van der Waals surface area (Å²) in [6.45, 7) is 1.45. The second kappa shape index (κ2) is 9.96. The van der Waals surface area contributed by atoms with Crippen molar-refractivity contribution in [2.45, 2.75) is 19.4 Å². The maximum atomic E-state index is 12.6. The van der Waals surface area contributed by atoms with Gasteiger partial charge in [-0.1, -0.05) is 18.2 Å². The van der Waals surface area contributed by atoms with Crippen LogP contribution in [0, 0.1) is 0 Å². The summed E-state index contributed by atoms with van der Waals surface area (Å²) in [5.74, 6) is 1.20. The third-order valence-corrected chi connectivity index (χ3v) is 5.35. The van der Waals surface area contributed by atoms with E-state index in [0.717, 1.165) is 41.9 Å². The standard InChI is InChI=1S/C25H26N4O3/c1-31-23-12-11-18(15-24(23)32-2)22-10-6-14-29(28-22)17-20-7-3-4-9-21(20)27-25(30)19-8-5-13-26-16-19/h3-5,7-9,11-13,15-16H,6,10,14,17H2,1-2H3,(H,27,30). The number of nitrogens with zero attached hydrogens (tertiary/aromatic N) is 3. The first-order valence-electron chi connectivity index (χ1n) is 10.5. The van der Waals surface area contributed by atoms with E-state index in [-0.39, 0.29) is 5.91 Å². The number of anilines is 1. The van der Waals surface area contributed by atoms with Crippen molar-refractivity contribution in [2.75, 3.05) is 26.1 Å². The number of para-hydroxylation sites is 1. The number of aromatic nitrogens is 1. The zero-order chi connectivity index (χ0) is 22.3. The fourth-order valence-electron chi connectivity index (χ4n) is 3.70. The van der Waals surface area contributed by atoms with E-state index in [1.165, 1.54) is 0 Å². The minimum Gasteiger partial charge on any atom is -0.493 e. The summed E-state index contributed by atoms with van der Waals surface area (Å²) in [4.78, 5) is 16.6. The number of carbonyl (C=O) groups excluding carboxylic acids is 1. The van der Waals surface area contributed by atoms with E-state index in [9.17, 15) is 4.79 Å². The molecule has 0 fully saturated rings. The Labute approximate surface area is 187 Å². The Kier molecular flexibility index (Phi) is 6.65. The van der Waals surface area contributed by atoms with Crippen molar-refractivity contribution < 1.29 is 14.3 Å². The number of hydrazone groups is 1. The van der Waals surface area contributed by atoms with Crippen LogP contribution >= 0.6 is 0 Å². The van der Waals surface area contributed by atoms with Crippen LogP contribution in [0.4, 0.5) is 5.69 Å². The van der Waals surface area contributed by atoms with Gasteiger partial charge in [-0.15, -0.1) is 0 Å². The van der Waals surface area contributed by atoms with Crippen molar-refractivity contribution in [3.05, 3.63) is 83.7 Å². The number of ether oxygens (including phenoxy) is 2. The molecule has 0 saturated carbocycles. The van der Waals surface area contributed by atoms with Gasteiger partial charge < -0.3 is 14.8 Å². The average Bonchev–Trinajstić information content (AvgIpc) is 2.85. The van der Waals surface area contributed by atoms with Crippen molar-refractivity contribution in [3.8, 4) is 11.5 Å². The van der Waals surface area contributed by atoms with Crippen LogP contribution in [0.1, 0.15) is 34.3 Å². The van der Waals surface area contributed by atoms with Crippen molar-refractivity contribution in [1.29, 1.82) is 0 Å². The van der Waals surface area contributed by atoms with E-state index in [4.69, 9.17) is 14.6 Å². The number of pyridine rings is 1. The van der Waals surface area contributed by atoms with Gasteiger partial charge in [0.1, 0.15) is 0 Å². The summed E-state index contributed by atoms with van der Waals surface area (Å²) in [5, 5.41) is 9.94. The molecule has 0 radical (unpaired) electrons. The van der Waals surface area contributed by atoms with Crippen LogP contribution in [0.5, 0.6) is 11.5 Å². The van der Waals surface area contributed by atoms with Crippen LogP contribution in [0.2, 0.25) is 0 Å². The molecule has 2 aromatic carbocycles. The molecule has 7 heteroatoms. The molecule has 0 spiro atoms. The molecule has 1 aliphatic heterocycles. The lowest BCUT2D eigenvalue weighted by Gasteiger charge is -2.26. The molecule has 2 heterocycles. The predicted molar refractivity (Wildman–Crippen MR) is 124 cm³/mol. The van der Waals surface area contributed by atoms with Crippen LogP contribution in [0.3, 0.4) is 0 Å². The maximum Gasteiger partial charge on any atom is 0.257 e. The fourth-order valence-corrected chi connectivity index (χ4v) is 3.70. The lowest BCUT2D eigenvalue weighted by Crippen LogP contribution is -2.26. The highest BCUT2D eigenvalue weighted by Crippen LogP contribution is 2.29. The van der Waals surface area contributed by atoms with Crippen molar-refractivity contribution >= 4 is 17.3 Å². The Morgan fingerprint density at radius 1 is 1.06 bits per heavy atom. The smallest absolute Gasteiger partial charge is 0.257 e. The largest absolute Gasteiger partial charge is 0.493 e. The number of hydrogen-bond acceptors (Lipinski definition) is 6. The van der Waals surface area contributed by atoms with E-state index in [1.54, 1.807) is 38.7 Å². The van der Waals surface area contributed by atoms with Gasteiger partial charge in [0.25, 0.3) is 5.91 Å². The van der Waals surface area contributed by atoms with Crippen molar-refractivity contribution in [1.82, 2.24) is 9.99 Å². The Balaban J connectivity index is 1.53. The van der Waals surface area contributed by atoms with Crippen LogP contribution in [0.15, 0.2) is 72.1 Å². The third-order valence-electron chi connectivity index (χ3n) is 5.35. The van der Waals surface area contributed by atoms with Gasteiger partial charge in [0.2, 0.25) is 0 Å². The normalized spacial score (nSPS) is 13.3. The first-order valence-corrected chi connectivity index (χ1v) is 10.5. The quantitative estimate of drug-likeness (QED) is 0.603. The fraction of sp³-hybridized carbons (Fsp3) is 0.240. The predicted octanol–water partition coefficient (Wildman–Crippen LogP) is 4.35. The number of carbonyl (C=O) groups is 1. The van der Waals surface area contributed by atoms with Crippen molar-refractivity contribution in [2.24, 2.45) is 5.10 Å². The minimum atomic E-state index is -0.182. The van der Waals surface area contributed by atoms with E-state index < -0.39 is 0 Å². The summed E-state index contributed by atoms with van der Waals surface area (Å²) >= 11 is 0. The highest BCUT2D eigenvalue weighted by Gasteiger charge is 2.17. The van der Waals surface area contributed by atoms with Crippen LogP contribution in [-0.4, -0.2) is 42.4 Å². The third kappa shape index (κ3) is 4.88. The van der Waals surface area contributed by atoms with Gasteiger partial charge in [-0.25, -0.2) is 0 Å². The molecule has 1 amide bonds. The molecule has 0 saturated heterocycles. The highest BCUT2D eigenvalue weighted by molar-refractivity contribution is 6.04. The van der Waals surface area contributed by atoms with Gasteiger partial charge in [0, 0.05) is 30.2 Å². The second-order valence-corrected chi connectivity index (χ2v) is 7.46. The summed E-state index contributed by atoms with van der Waals surface area (Å²) in [5.41, 5.74) is 4.32. The number of rotatable bonds is 7. The Morgan fingerprint density at radius 3 is 2.69 bits per heavy atom. The number of methoxy groups -OCH3 is 2. The molecule has 1 aliphatic rings. The molecule has 0 atom stereocenters. The molecule has 4 rings (SSSR count). The lowest BCUT2D eigenvalue weighted by atomic mass is 10.0. The molecular weight excluding hydrogens is 404 g/mol. The van der Waals surface area contributed by atoms with E-state index in [1.807, 2.05) is 47.5 Å². The molecule has 0 unspecified atom stereocenters. The summed E-state index contributed by atoms with van der Waals surface area (Å²) < 4.78 is 10.8. The summed E-state index contributed by atoms with van der Waals surface area (Å²) in [6, 6.07) is 17.2. The first kappa shape index (κ1) is 21.4. The summed E-state index contributed by atoms with van der Waals surface area (Å²) in [6.07, 6.45) is 5.10. The molecule has 32 heavy (non-hydrogen) atoms. The maximum absolute atomic E-state index is 12.6. The van der Waals surface area contributed by atoms with E-state index >= 15 is 0 Å². The topological polar surface area (TPSA) is 76.0 Å². The van der Waals surface area contributed by atoms with Gasteiger partial charge in [-0.3, -0.25) is 14.8 Å². The van der Waals surface area contributed by atoms with Gasteiger partial charge in [0.05, 0.1) is 32.0 Å². The Morgan fingerprint density at radius 2 is 1.91 bits per heavy atom. The van der Waals surface area contributed by atoms with Crippen LogP contribution in [0.25, 0.3) is 0 Å². The average molecular weight is 431 g/mol. The number of benzene rings is 2. The number of amides is 1. The zero-order valence-corrected chi connectivity index (χ0v) is 18.2. The van der Waals surface area contributed by atoms with Crippen LogP contribution in [-0.2, 0) is 6.54 Å². The van der Waals surface area contributed by atoms with Gasteiger partial charge in [0.15, 0.2) is 11.5 Å². The Bertz CT molecular complexity index is 1120. The molecule has 7 nitrogen and oxygen atoms in total. The van der Waals surface area contributed by atoms with Crippen LogP contribution < -0.4 is 14.8 Å². The zero-order valence-electron chi connectivity index (χ0n) is 18.2. The minimum absolute atomic E-state index is 0.182. The SMILES string of the molecule is COc1ccc(C2=NN(Cc3ccccc3NC(=O)c3cccnc3)CCC2)cc1OC. The molecule has 1 aromatic heterocycles. The molecule has 1 N–H and O–H groups in total. The van der Waals surface area contributed by atoms with Gasteiger partial charge in [-0.05, 0) is 54.8 Å². The lowest BCUT2D eigenvalue weighted by molar-refractivity contribution is 0.102. The molecule has 0 bridgehead atoms. The van der Waals surface area contributed by atoms with E-state index in [0.29, 0.717) is 23.6 Å². The van der Waals surface area contributed by atoms with Gasteiger partial charge in [-0.2, -0.15) is 5.10 Å². The van der Waals surface area contributed by atoms with E-state index in [2.05, 4.69) is 10.3 Å². The molecular formula is C25H26N4O3. The number of nitrogens with one attached hydrogen (secondary N) is 1. The molecule has 3 aromatic rings. The number of hydrogen-bond donors (Lipinski definition) is 1. The molecule has 164 valence electrons. The molecule has 0 aliphatic carbocycles. The highest BCUT2D eigenvalue weighted by atomic mass is 16.5. The summed E-state index contributed by atoms with van der Waals surface area (Å²) in [7, 11) is 3.26. The monoisotopic (exact) mass is 430 g/mol. The van der Waals surface area contributed by atoms with Crippen molar-refractivity contribution in [3.63, 3.8) is 0 Å². The Hall–Kier alpha value is -3.87. The second-order valence-electron chi connectivity index (χ2n) is 7.46.